The second-order valence-electron chi connectivity index (χ2n) is 3.90. The fraction of sp³-hybridized carbons (Fsp3) is 0.364. The Morgan fingerprint density at radius 3 is 2.42 bits per heavy atom. The van der Waals surface area contributed by atoms with Gasteiger partial charge in [-0.1, -0.05) is 0 Å². The minimum absolute atomic E-state index is 0.0684. The smallest absolute Gasteiger partial charge is 0.254 e. The van der Waals surface area contributed by atoms with Crippen LogP contribution in [0.15, 0.2) is 6.07 Å². The Morgan fingerprint density at radius 1 is 1.26 bits per heavy atom. The normalized spacial score (nSPS) is 19.3. The van der Waals surface area contributed by atoms with Gasteiger partial charge in [0.1, 0.15) is 11.8 Å². The second kappa shape index (κ2) is 5.54. The number of hydrogen-bond acceptors (Lipinski definition) is 3. The van der Waals surface area contributed by atoms with Crippen molar-refractivity contribution in [2.75, 3.05) is 25.0 Å². The van der Waals surface area contributed by atoms with Crippen molar-refractivity contribution in [1.29, 1.82) is 0 Å². The van der Waals surface area contributed by atoms with Gasteiger partial charge in [0.2, 0.25) is 0 Å². The van der Waals surface area contributed by atoms with Gasteiger partial charge in [-0.05, 0) is 0 Å². The molecule has 4 nitrogen and oxygen atoms in total. The molecule has 0 spiro atoms. The summed E-state index contributed by atoms with van der Waals surface area (Å²) in [5.74, 6) is -7.36. The molecule has 8 heteroatoms. The number of halogens is 4. The monoisotopic (exact) mass is 278 g/mol. The van der Waals surface area contributed by atoms with Gasteiger partial charge in [0.15, 0.2) is 23.3 Å². The van der Waals surface area contributed by atoms with Crippen LogP contribution in [0.4, 0.5) is 23.2 Å². The Bertz CT molecular complexity index is 478. The van der Waals surface area contributed by atoms with E-state index < -0.39 is 41.0 Å². The summed E-state index contributed by atoms with van der Waals surface area (Å²) in [5, 5.41) is 4.63. The van der Waals surface area contributed by atoms with Crippen LogP contribution in [0, 0.1) is 23.3 Å². The maximum Gasteiger partial charge on any atom is 0.254 e. The molecule has 2 rings (SSSR count). The quantitative estimate of drug-likeness (QED) is 0.630. The molecule has 2 N–H and O–H groups in total. The van der Waals surface area contributed by atoms with E-state index in [0.29, 0.717) is 6.54 Å². The van der Waals surface area contributed by atoms with E-state index in [1.54, 1.807) is 5.32 Å². The van der Waals surface area contributed by atoms with Crippen LogP contribution in [0.3, 0.4) is 0 Å². The van der Waals surface area contributed by atoms with Gasteiger partial charge < -0.3 is 15.4 Å². The molecular formula is C11H10F4N2O2. The van der Waals surface area contributed by atoms with Crippen molar-refractivity contribution in [2.24, 2.45) is 0 Å². The fourth-order valence-corrected chi connectivity index (χ4v) is 1.62. The molecule has 1 fully saturated rings. The van der Waals surface area contributed by atoms with Crippen molar-refractivity contribution in [3.8, 4) is 0 Å². The van der Waals surface area contributed by atoms with Crippen LogP contribution in [0.5, 0.6) is 0 Å². The van der Waals surface area contributed by atoms with Crippen molar-refractivity contribution in [3.63, 3.8) is 0 Å². The van der Waals surface area contributed by atoms with Crippen molar-refractivity contribution in [1.82, 2.24) is 5.32 Å². The topological polar surface area (TPSA) is 50.4 Å². The maximum atomic E-state index is 13.3. The zero-order valence-electron chi connectivity index (χ0n) is 9.60. The number of nitrogens with one attached hydrogen (secondary N) is 2. The largest absolute Gasteiger partial charge is 0.366 e. The third-order valence-electron chi connectivity index (χ3n) is 2.58. The molecule has 1 saturated heterocycles. The van der Waals surface area contributed by atoms with E-state index in [4.69, 9.17) is 4.74 Å². The lowest BCUT2D eigenvalue weighted by Crippen LogP contribution is -2.45. The number of benzene rings is 1. The Morgan fingerprint density at radius 2 is 1.89 bits per heavy atom. The molecule has 0 aliphatic carbocycles. The van der Waals surface area contributed by atoms with Crippen molar-refractivity contribution >= 4 is 11.6 Å². The first-order valence-electron chi connectivity index (χ1n) is 5.47. The Kier molecular flexibility index (Phi) is 4.01. The summed E-state index contributed by atoms with van der Waals surface area (Å²) in [6, 6.07) is 0.0684. The van der Waals surface area contributed by atoms with Crippen LogP contribution in [0.2, 0.25) is 0 Å². The van der Waals surface area contributed by atoms with Gasteiger partial charge in [0, 0.05) is 19.2 Å². The van der Waals surface area contributed by atoms with Crippen LogP contribution in [-0.2, 0) is 9.53 Å². The first-order chi connectivity index (χ1) is 9.00. The summed E-state index contributed by atoms with van der Waals surface area (Å²) in [5.41, 5.74) is -1.16. The molecule has 0 saturated carbocycles. The highest BCUT2D eigenvalue weighted by atomic mass is 19.2. The zero-order valence-corrected chi connectivity index (χ0v) is 9.60. The minimum atomic E-state index is -1.66. The van der Waals surface area contributed by atoms with Gasteiger partial charge in [0.05, 0.1) is 6.61 Å². The highest BCUT2D eigenvalue weighted by molar-refractivity contribution is 5.94. The average Bonchev–Trinajstić information content (AvgIpc) is 2.42. The second-order valence-corrected chi connectivity index (χ2v) is 3.90. The first kappa shape index (κ1) is 13.8. The third kappa shape index (κ3) is 2.85. The molecule has 1 aromatic rings. The molecule has 1 aromatic carbocycles. The van der Waals surface area contributed by atoms with Crippen LogP contribution < -0.4 is 10.6 Å². The Labute approximate surface area is 105 Å². The number of anilines is 1. The van der Waals surface area contributed by atoms with E-state index >= 15 is 0 Å². The third-order valence-corrected chi connectivity index (χ3v) is 2.58. The zero-order chi connectivity index (χ0) is 14.0. The summed E-state index contributed by atoms with van der Waals surface area (Å²) in [6.45, 7) is 0.939. The number of rotatable bonds is 2. The molecule has 1 aliphatic rings. The lowest BCUT2D eigenvalue weighted by molar-refractivity contribution is -0.128. The van der Waals surface area contributed by atoms with Gasteiger partial charge in [-0.2, -0.15) is 0 Å². The van der Waals surface area contributed by atoms with E-state index in [1.807, 2.05) is 0 Å². The molecule has 1 atom stereocenters. The summed E-state index contributed by atoms with van der Waals surface area (Å²) in [7, 11) is 0. The molecule has 1 unspecified atom stereocenters. The SMILES string of the molecule is O=C(Nc1c(F)c(F)cc(F)c1F)C1CNCCO1. The van der Waals surface area contributed by atoms with E-state index in [2.05, 4.69) is 5.32 Å². The number of carbonyl (C=O) groups is 1. The molecule has 19 heavy (non-hydrogen) atoms. The molecule has 1 aliphatic heterocycles. The van der Waals surface area contributed by atoms with Gasteiger partial charge in [0.25, 0.3) is 5.91 Å². The van der Waals surface area contributed by atoms with Gasteiger partial charge in [-0.25, -0.2) is 17.6 Å². The lowest BCUT2D eigenvalue weighted by Gasteiger charge is -2.22. The summed E-state index contributed by atoms with van der Waals surface area (Å²) in [6.07, 6.45) is -0.973. The highest BCUT2D eigenvalue weighted by Crippen LogP contribution is 2.24. The summed E-state index contributed by atoms with van der Waals surface area (Å²) in [4.78, 5) is 11.6. The van der Waals surface area contributed by atoms with Crippen molar-refractivity contribution in [2.45, 2.75) is 6.10 Å². The molecule has 1 amide bonds. The summed E-state index contributed by atoms with van der Waals surface area (Å²) < 4.78 is 57.6. The number of morpholine rings is 1. The Balaban J connectivity index is 2.20. The molecule has 1 heterocycles. The van der Waals surface area contributed by atoms with E-state index in [0.717, 1.165) is 0 Å². The molecule has 0 bridgehead atoms. The van der Waals surface area contributed by atoms with Gasteiger partial charge in [-0.15, -0.1) is 0 Å². The molecule has 0 aromatic heterocycles. The van der Waals surface area contributed by atoms with Gasteiger partial charge in [-0.3, -0.25) is 4.79 Å². The number of carbonyl (C=O) groups excluding carboxylic acids is 1. The highest BCUT2D eigenvalue weighted by Gasteiger charge is 2.26. The maximum absolute atomic E-state index is 13.3. The van der Waals surface area contributed by atoms with Crippen molar-refractivity contribution < 1.29 is 27.1 Å². The minimum Gasteiger partial charge on any atom is -0.366 e. The van der Waals surface area contributed by atoms with E-state index in [9.17, 15) is 22.4 Å². The van der Waals surface area contributed by atoms with Crippen LogP contribution in [0.1, 0.15) is 0 Å². The van der Waals surface area contributed by atoms with Crippen LogP contribution in [-0.4, -0.2) is 31.7 Å². The standard InChI is InChI=1S/C11H10F4N2O2/c12-5-3-6(13)9(15)10(8(5)14)17-11(18)7-4-16-1-2-19-7/h3,7,16H,1-2,4H2,(H,17,18). The number of ether oxygens (including phenoxy) is 1. The van der Waals surface area contributed by atoms with Crippen LogP contribution >= 0.6 is 0 Å². The predicted molar refractivity (Wildman–Crippen MR) is 57.5 cm³/mol. The summed E-state index contributed by atoms with van der Waals surface area (Å²) >= 11 is 0. The number of amides is 1. The lowest BCUT2D eigenvalue weighted by atomic mass is 10.2. The van der Waals surface area contributed by atoms with Gasteiger partial charge >= 0.3 is 0 Å². The van der Waals surface area contributed by atoms with E-state index in [1.165, 1.54) is 0 Å². The van der Waals surface area contributed by atoms with Crippen molar-refractivity contribution in [3.05, 3.63) is 29.3 Å². The molecule has 0 radical (unpaired) electrons. The predicted octanol–water partition coefficient (Wildman–Crippen LogP) is 1.17. The molecule has 104 valence electrons. The average molecular weight is 278 g/mol. The first-order valence-corrected chi connectivity index (χ1v) is 5.47. The Hall–Kier alpha value is -1.67. The fourth-order valence-electron chi connectivity index (χ4n) is 1.62. The van der Waals surface area contributed by atoms with Crippen LogP contribution in [0.25, 0.3) is 0 Å². The van der Waals surface area contributed by atoms with E-state index in [-0.39, 0.29) is 19.2 Å². The molecular weight excluding hydrogens is 268 g/mol. The number of hydrogen-bond donors (Lipinski definition) is 2.